The van der Waals surface area contributed by atoms with Gasteiger partial charge in [0.05, 0.1) is 0 Å². The Kier molecular flexibility index (Phi) is 4.27. The van der Waals surface area contributed by atoms with Crippen molar-refractivity contribution in [3.05, 3.63) is 35.1 Å². The molecule has 0 spiro atoms. The zero-order valence-electron chi connectivity index (χ0n) is 10.1. The minimum atomic E-state index is -3.55. The average molecular weight is 346 g/mol. The maximum atomic E-state index is 12.0. The number of pyridine rings is 1. The molecule has 0 aromatic carbocycles. The van der Waals surface area contributed by atoms with Crippen molar-refractivity contribution in [1.82, 2.24) is 24.5 Å². The Hall–Kier alpha value is -1.32. The molecular formula is C10H12BrN5O2S. The van der Waals surface area contributed by atoms with E-state index < -0.39 is 10.0 Å². The summed E-state index contributed by atoms with van der Waals surface area (Å²) < 4.78 is 28.6. The zero-order valence-corrected chi connectivity index (χ0v) is 12.5. The largest absolute Gasteiger partial charge is 0.262 e. The zero-order chi connectivity index (χ0) is 13.9. The molecule has 0 aliphatic rings. The standard InChI is InChI=1S/C10H12BrN5O2S/c1-16-7-13-10(15-16)2-3-14-19(17,18)9-4-8(11)5-12-6-9/h4-7,14H,2-3H2,1H3. The first-order chi connectivity index (χ1) is 8.97. The fraction of sp³-hybridized carbons (Fsp3) is 0.300. The summed E-state index contributed by atoms with van der Waals surface area (Å²) in [7, 11) is -1.79. The predicted molar refractivity (Wildman–Crippen MR) is 71.8 cm³/mol. The number of nitrogens with one attached hydrogen (secondary N) is 1. The fourth-order valence-electron chi connectivity index (χ4n) is 1.42. The minimum Gasteiger partial charge on any atom is -0.262 e. The molecule has 0 saturated carbocycles. The smallest absolute Gasteiger partial charge is 0.242 e. The average Bonchev–Trinajstić information content (AvgIpc) is 2.75. The van der Waals surface area contributed by atoms with Gasteiger partial charge in [-0.3, -0.25) is 9.67 Å². The lowest BCUT2D eigenvalue weighted by atomic mass is 10.4. The van der Waals surface area contributed by atoms with Gasteiger partial charge in [0.25, 0.3) is 0 Å². The topological polar surface area (TPSA) is 89.8 Å². The summed E-state index contributed by atoms with van der Waals surface area (Å²) >= 11 is 3.18. The molecule has 0 bridgehead atoms. The molecule has 19 heavy (non-hydrogen) atoms. The predicted octanol–water partition coefficient (Wildman–Crippen LogP) is 0.494. The van der Waals surface area contributed by atoms with Crippen molar-refractivity contribution in [3.8, 4) is 0 Å². The van der Waals surface area contributed by atoms with Gasteiger partial charge in [-0.2, -0.15) is 5.10 Å². The molecule has 0 aliphatic heterocycles. The van der Waals surface area contributed by atoms with Crippen LogP contribution < -0.4 is 4.72 Å². The van der Waals surface area contributed by atoms with Gasteiger partial charge >= 0.3 is 0 Å². The number of hydrogen-bond acceptors (Lipinski definition) is 5. The van der Waals surface area contributed by atoms with E-state index in [1.165, 1.54) is 18.5 Å². The lowest BCUT2D eigenvalue weighted by Crippen LogP contribution is -2.26. The van der Waals surface area contributed by atoms with Crippen LogP contribution in [0.3, 0.4) is 0 Å². The van der Waals surface area contributed by atoms with Crippen LogP contribution in [0.2, 0.25) is 0 Å². The van der Waals surface area contributed by atoms with Gasteiger partial charge < -0.3 is 0 Å². The second-order valence-electron chi connectivity index (χ2n) is 3.82. The Bertz CT molecular complexity index is 670. The molecule has 2 rings (SSSR count). The van der Waals surface area contributed by atoms with Crippen molar-refractivity contribution in [2.24, 2.45) is 7.05 Å². The molecule has 0 saturated heterocycles. The van der Waals surface area contributed by atoms with Gasteiger partial charge in [0.1, 0.15) is 11.2 Å². The van der Waals surface area contributed by atoms with Gasteiger partial charge in [-0.1, -0.05) is 0 Å². The highest BCUT2D eigenvalue weighted by atomic mass is 79.9. The Balaban J connectivity index is 1.98. The van der Waals surface area contributed by atoms with E-state index in [0.717, 1.165) is 0 Å². The summed E-state index contributed by atoms with van der Waals surface area (Å²) in [5, 5.41) is 4.07. The van der Waals surface area contributed by atoms with Crippen LogP contribution in [0.1, 0.15) is 5.82 Å². The molecule has 0 amide bonds. The first-order valence-corrected chi connectivity index (χ1v) is 7.70. The molecule has 0 aliphatic carbocycles. The van der Waals surface area contributed by atoms with Crippen LogP contribution in [0.4, 0.5) is 0 Å². The van der Waals surface area contributed by atoms with Crippen molar-refractivity contribution in [2.45, 2.75) is 11.3 Å². The second kappa shape index (κ2) is 5.76. The van der Waals surface area contributed by atoms with E-state index in [-0.39, 0.29) is 11.4 Å². The monoisotopic (exact) mass is 345 g/mol. The van der Waals surface area contributed by atoms with Crippen molar-refractivity contribution in [2.75, 3.05) is 6.54 Å². The van der Waals surface area contributed by atoms with E-state index in [1.807, 2.05) is 0 Å². The first kappa shape index (κ1) is 14.1. The van der Waals surface area contributed by atoms with Gasteiger partial charge in [0.15, 0.2) is 5.82 Å². The van der Waals surface area contributed by atoms with Crippen LogP contribution in [0.5, 0.6) is 0 Å². The number of aryl methyl sites for hydroxylation is 1. The van der Waals surface area contributed by atoms with Gasteiger partial charge in [0.2, 0.25) is 10.0 Å². The van der Waals surface area contributed by atoms with E-state index in [2.05, 4.69) is 35.7 Å². The summed E-state index contributed by atoms with van der Waals surface area (Å²) in [4.78, 5) is 7.97. The maximum absolute atomic E-state index is 12.0. The second-order valence-corrected chi connectivity index (χ2v) is 6.50. The van der Waals surface area contributed by atoms with Gasteiger partial charge in [-0.15, -0.1) is 0 Å². The fourth-order valence-corrected chi connectivity index (χ4v) is 2.95. The van der Waals surface area contributed by atoms with E-state index >= 15 is 0 Å². The molecule has 0 radical (unpaired) electrons. The van der Waals surface area contributed by atoms with Crippen LogP contribution in [0.25, 0.3) is 0 Å². The summed E-state index contributed by atoms with van der Waals surface area (Å²) in [6.07, 6.45) is 4.83. The van der Waals surface area contributed by atoms with Crippen LogP contribution in [-0.4, -0.2) is 34.7 Å². The SMILES string of the molecule is Cn1cnc(CCNS(=O)(=O)c2cncc(Br)c2)n1. The summed E-state index contributed by atoms with van der Waals surface area (Å²) in [5.74, 6) is 0.595. The number of aromatic nitrogens is 4. The third-order valence-electron chi connectivity index (χ3n) is 2.28. The highest BCUT2D eigenvalue weighted by Gasteiger charge is 2.14. The number of rotatable bonds is 5. The number of hydrogen-bond donors (Lipinski definition) is 1. The van der Waals surface area contributed by atoms with Crippen molar-refractivity contribution < 1.29 is 8.42 Å². The summed E-state index contributed by atoms with van der Waals surface area (Å²) in [6, 6.07) is 1.49. The third-order valence-corrected chi connectivity index (χ3v) is 4.14. The Morgan fingerprint density at radius 1 is 1.42 bits per heavy atom. The number of sulfonamides is 1. The molecular weight excluding hydrogens is 334 g/mol. The van der Waals surface area contributed by atoms with Gasteiger partial charge in [-0.05, 0) is 22.0 Å². The Labute approximate surface area is 119 Å². The normalized spacial score (nSPS) is 11.7. The van der Waals surface area contributed by atoms with Crippen LogP contribution in [-0.2, 0) is 23.5 Å². The molecule has 9 heteroatoms. The molecule has 2 heterocycles. The molecule has 2 aromatic heterocycles. The molecule has 0 atom stereocenters. The van der Waals surface area contributed by atoms with Crippen molar-refractivity contribution in [1.29, 1.82) is 0 Å². The van der Waals surface area contributed by atoms with E-state index in [0.29, 0.717) is 16.7 Å². The van der Waals surface area contributed by atoms with E-state index in [9.17, 15) is 8.42 Å². The molecule has 102 valence electrons. The Morgan fingerprint density at radius 3 is 2.84 bits per heavy atom. The minimum absolute atomic E-state index is 0.121. The lowest BCUT2D eigenvalue weighted by Gasteiger charge is -2.05. The van der Waals surface area contributed by atoms with Gasteiger partial charge in [-0.25, -0.2) is 18.1 Å². The van der Waals surface area contributed by atoms with Crippen molar-refractivity contribution >= 4 is 26.0 Å². The third kappa shape index (κ3) is 3.82. The molecule has 0 unspecified atom stereocenters. The van der Waals surface area contributed by atoms with Gasteiger partial charge in [0, 0.05) is 36.9 Å². The highest BCUT2D eigenvalue weighted by Crippen LogP contribution is 2.13. The lowest BCUT2D eigenvalue weighted by molar-refractivity contribution is 0.580. The molecule has 1 N–H and O–H groups in total. The van der Waals surface area contributed by atoms with Crippen molar-refractivity contribution in [3.63, 3.8) is 0 Å². The van der Waals surface area contributed by atoms with Crippen LogP contribution in [0.15, 0.2) is 34.2 Å². The van der Waals surface area contributed by atoms with E-state index in [4.69, 9.17) is 0 Å². The number of halogens is 1. The number of nitrogens with zero attached hydrogens (tertiary/aromatic N) is 4. The summed E-state index contributed by atoms with van der Waals surface area (Å²) in [6.45, 7) is 0.235. The quantitative estimate of drug-likeness (QED) is 0.851. The Morgan fingerprint density at radius 2 is 2.21 bits per heavy atom. The molecule has 0 fully saturated rings. The maximum Gasteiger partial charge on any atom is 0.242 e. The van der Waals surface area contributed by atoms with Crippen LogP contribution in [0, 0.1) is 0 Å². The summed E-state index contributed by atoms with van der Waals surface area (Å²) in [5.41, 5.74) is 0. The molecule has 2 aromatic rings. The molecule has 7 nitrogen and oxygen atoms in total. The highest BCUT2D eigenvalue weighted by molar-refractivity contribution is 9.10. The van der Waals surface area contributed by atoms with E-state index in [1.54, 1.807) is 18.1 Å². The van der Waals surface area contributed by atoms with Crippen LogP contribution >= 0.6 is 15.9 Å². The first-order valence-electron chi connectivity index (χ1n) is 5.42.